The van der Waals surface area contributed by atoms with E-state index >= 15 is 0 Å². The Labute approximate surface area is 85.9 Å². The van der Waals surface area contributed by atoms with Crippen molar-refractivity contribution in [2.24, 2.45) is 0 Å². The van der Waals surface area contributed by atoms with E-state index in [0.29, 0.717) is 0 Å². The molecule has 1 fully saturated rings. The van der Waals surface area contributed by atoms with Crippen molar-refractivity contribution in [2.45, 2.75) is 18.9 Å². The van der Waals surface area contributed by atoms with Crippen LogP contribution in [0.2, 0.25) is 0 Å². The largest absolute Gasteiger partial charge is 0.467 e. The molecule has 1 aromatic rings. The number of ether oxygens (including phenoxy) is 1. The SMILES string of the molecule is COC(=O)C1CCCN1c1ncns1. The number of anilines is 1. The van der Waals surface area contributed by atoms with Crippen LogP contribution in [0.3, 0.4) is 0 Å². The molecule has 0 aliphatic carbocycles. The summed E-state index contributed by atoms with van der Waals surface area (Å²) in [6.45, 7) is 0.856. The zero-order valence-corrected chi connectivity index (χ0v) is 8.66. The smallest absolute Gasteiger partial charge is 0.328 e. The van der Waals surface area contributed by atoms with Gasteiger partial charge in [-0.05, 0) is 12.8 Å². The third-order valence-electron chi connectivity index (χ3n) is 2.32. The average molecular weight is 213 g/mol. The molecule has 0 N–H and O–H groups in total. The minimum Gasteiger partial charge on any atom is -0.467 e. The van der Waals surface area contributed by atoms with Gasteiger partial charge in [-0.25, -0.2) is 9.78 Å². The molecule has 1 atom stereocenters. The lowest BCUT2D eigenvalue weighted by molar-refractivity contribution is -0.141. The fourth-order valence-corrected chi connectivity index (χ4v) is 2.28. The van der Waals surface area contributed by atoms with Gasteiger partial charge in [0.25, 0.3) is 0 Å². The lowest BCUT2D eigenvalue weighted by Crippen LogP contribution is -2.36. The van der Waals surface area contributed by atoms with Crippen molar-refractivity contribution in [2.75, 3.05) is 18.6 Å². The summed E-state index contributed by atoms with van der Waals surface area (Å²) in [6.07, 6.45) is 3.35. The highest BCUT2D eigenvalue weighted by molar-refractivity contribution is 7.09. The van der Waals surface area contributed by atoms with Crippen molar-refractivity contribution in [3.63, 3.8) is 0 Å². The van der Waals surface area contributed by atoms with Gasteiger partial charge >= 0.3 is 5.97 Å². The summed E-state index contributed by atoms with van der Waals surface area (Å²) in [7, 11) is 1.42. The molecule has 1 saturated heterocycles. The molecule has 1 aliphatic heterocycles. The molecule has 0 spiro atoms. The Morgan fingerprint density at radius 1 is 1.79 bits per heavy atom. The van der Waals surface area contributed by atoms with Gasteiger partial charge in [0.1, 0.15) is 12.4 Å². The van der Waals surface area contributed by atoms with Crippen LogP contribution >= 0.6 is 11.5 Å². The molecule has 0 radical (unpaired) electrons. The summed E-state index contributed by atoms with van der Waals surface area (Å²) >= 11 is 1.31. The molecule has 0 amide bonds. The summed E-state index contributed by atoms with van der Waals surface area (Å²) < 4.78 is 8.66. The molecule has 0 aromatic carbocycles. The van der Waals surface area contributed by atoms with E-state index in [9.17, 15) is 4.79 Å². The Balaban J connectivity index is 2.15. The monoisotopic (exact) mass is 213 g/mol. The maximum atomic E-state index is 11.4. The molecule has 0 saturated carbocycles. The van der Waals surface area contributed by atoms with E-state index in [1.165, 1.54) is 25.0 Å². The van der Waals surface area contributed by atoms with Crippen LogP contribution in [0.15, 0.2) is 6.33 Å². The summed E-state index contributed by atoms with van der Waals surface area (Å²) in [5.74, 6) is -0.183. The van der Waals surface area contributed by atoms with Crippen LogP contribution in [0, 0.1) is 0 Å². The van der Waals surface area contributed by atoms with Crippen LogP contribution in [0.25, 0.3) is 0 Å². The molecule has 1 aromatic heterocycles. The highest BCUT2D eigenvalue weighted by Crippen LogP contribution is 2.26. The van der Waals surface area contributed by atoms with E-state index in [-0.39, 0.29) is 12.0 Å². The van der Waals surface area contributed by atoms with E-state index in [0.717, 1.165) is 24.5 Å². The van der Waals surface area contributed by atoms with E-state index in [1.54, 1.807) is 0 Å². The topological polar surface area (TPSA) is 55.3 Å². The molecule has 2 heterocycles. The van der Waals surface area contributed by atoms with Crippen molar-refractivity contribution < 1.29 is 9.53 Å². The predicted molar refractivity (Wildman–Crippen MR) is 52.3 cm³/mol. The number of carbonyl (C=O) groups is 1. The first kappa shape index (κ1) is 9.39. The Hall–Kier alpha value is -1.17. The molecular formula is C8H11N3O2S. The molecule has 0 bridgehead atoms. The molecular weight excluding hydrogens is 202 g/mol. The average Bonchev–Trinajstić information content (AvgIpc) is 2.85. The number of carbonyl (C=O) groups excluding carboxylic acids is 1. The maximum Gasteiger partial charge on any atom is 0.328 e. The molecule has 14 heavy (non-hydrogen) atoms. The second-order valence-electron chi connectivity index (χ2n) is 3.10. The van der Waals surface area contributed by atoms with Gasteiger partial charge < -0.3 is 9.64 Å². The van der Waals surface area contributed by atoms with Gasteiger partial charge in [-0.15, -0.1) is 0 Å². The van der Waals surface area contributed by atoms with Crippen LogP contribution in [0.4, 0.5) is 5.13 Å². The second-order valence-corrected chi connectivity index (χ2v) is 3.86. The standard InChI is InChI=1S/C8H11N3O2S/c1-13-7(12)6-3-2-4-11(6)8-9-5-10-14-8/h5-6H,2-4H2,1H3. The first-order chi connectivity index (χ1) is 6.83. The highest BCUT2D eigenvalue weighted by atomic mass is 32.1. The molecule has 1 aliphatic rings. The number of methoxy groups -OCH3 is 1. The Kier molecular flexibility index (Phi) is 2.62. The van der Waals surface area contributed by atoms with Crippen molar-refractivity contribution in [3.8, 4) is 0 Å². The number of hydrogen-bond donors (Lipinski definition) is 0. The van der Waals surface area contributed by atoms with Gasteiger partial charge in [-0.1, -0.05) is 0 Å². The first-order valence-electron chi connectivity index (χ1n) is 4.44. The second kappa shape index (κ2) is 3.91. The van der Waals surface area contributed by atoms with Crippen LogP contribution in [-0.2, 0) is 9.53 Å². The summed E-state index contributed by atoms with van der Waals surface area (Å²) in [5, 5.41) is 0.804. The van der Waals surface area contributed by atoms with Crippen LogP contribution in [0.1, 0.15) is 12.8 Å². The zero-order valence-electron chi connectivity index (χ0n) is 7.84. The number of nitrogens with zero attached hydrogens (tertiary/aromatic N) is 3. The van der Waals surface area contributed by atoms with Gasteiger partial charge in [0.15, 0.2) is 0 Å². The van der Waals surface area contributed by atoms with E-state index in [2.05, 4.69) is 9.36 Å². The van der Waals surface area contributed by atoms with Gasteiger partial charge in [0, 0.05) is 18.1 Å². The Morgan fingerprint density at radius 3 is 3.29 bits per heavy atom. The number of aromatic nitrogens is 2. The quantitative estimate of drug-likeness (QED) is 0.676. The lowest BCUT2D eigenvalue weighted by Gasteiger charge is -2.20. The van der Waals surface area contributed by atoms with Crippen LogP contribution in [-0.4, -0.2) is 35.0 Å². The molecule has 2 rings (SSSR count). The molecule has 76 valence electrons. The third-order valence-corrected chi connectivity index (χ3v) is 3.02. The highest BCUT2D eigenvalue weighted by Gasteiger charge is 2.33. The van der Waals surface area contributed by atoms with Gasteiger partial charge in [0.05, 0.1) is 7.11 Å². The van der Waals surface area contributed by atoms with Gasteiger partial charge in [0.2, 0.25) is 5.13 Å². The van der Waals surface area contributed by atoms with E-state index < -0.39 is 0 Å². The maximum absolute atomic E-state index is 11.4. The number of esters is 1. The number of rotatable bonds is 2. The van der Waals surface area contributed by atoms with Crippen molar-refractivity contribution in [1.29, 1.82) is 0 Å². The van der Waals surface area contributed by atoms with Crippen molar-refractivity contribution in [1.82, 2.24) is 9.36 Å². The predicted octanol–water partition coefficient (Wildman–Crippen LogP) is 0.680. The van der Waals surface area contributed by atoms with Crippen molar-refractivity contribution >= 4 is 22.6 Å². The summed E-state index contributed by atoms with van der Waals surface area (Å²) in [6, 6.07) is -0.173. The van der Waals surface area contributed by atoms with Gasteiger partial charge in [-0.2, -0.15) is 4.37 Å². The lowest BCUT2D eigenvalue weighted by atomic mass is 10.2. The minimum absolute atomic E-state index is 0.173. The zero-order chi connectivity index (χ0) is 9.97. The molecule has 1 unspecified atom stereocenters. The summed E-state index contributed by atoms with van der Waals surface area (Å²) in [5.41, 5.74) is 0. The van der Waals surface area contributed by atoms with Crippen LogP contribution < -0.4 is 4.90 Å². The van der Waals surface area contributed by atoms with Crippen LogP contribution in [0.5, 0.6) is 0 Å². The minimum atomic E-state index is -0.183. The van der Waals surface area contributed by atoms with E-state index in [1.807, 2.05) is 4.90 Å². The first-order valence-corrected chi connectivity index (χ1v) is 5.21. The normalized spacial score (nSPS) is 21.2. The number of hydrogen-bond acceptors (Lipinski definition) is 6. The molecule has 5 nitrogen and oxygen atoms in total. The van der Waals surface area contributed by atoms with Crippen molar-refractivity contribution in [3.05, 3.63) is 6.33 Å². The molecule has 6 heteroatoms. The Morgan fingerprint density at radius 2 is 2.64 bits per heavy atom. The fourth-order valence-electron chi connectivity index (χ4n) is 1.67. The Bertz CT molecular complexity index is 314. The van der Waals surface area contributed by atoms with E-state index in [4.69, 9.17) is 4.74 Å². The summed E-state index contributed by atoms with van der Waals surface area (Å²) in [4.78, 5) is 17.5. The fraction of sp³-hybridized carbons (Fsp3) is 0.625. The van der Waals surface area contributed by atoms with Gasteiger partial charge in [-0.3, -0.25) is 0 Å². The third kappa shape index (κ3) is 1.57.